The van der Waals surface area contributed by atoms with Crippen molar-refractivity contribution in [3.05, 3.63) is 75.4 Å². The lowest BCUT2D eigenvalue weighted by atomic mass is 10.0. The molecule has 25 heavy (non-hydrogen) atoms. The molecule has 0 fully saturated rings. The van der Waals surface area contributed by atoms with Crippen molar-refractivity contribution >= 4 is 0 Å². The third-order valence-electron chi connectivity index (χ3n) is 3.74. The maximum absolute atomic E-state index is 11.8. The van der Waals surface area contributed by atoms with Crippen molar-refractivity contribution < 1.29 is 14.7 Å². The molecule has 1 heterocycles. The Morgan fingerprint density at radius 3 is 2.52 bits per heavy atom. The van der Waals surface area contributed by atoms with Crippen molar-refractivity contribution in [1.29, 1.82) is 0 Å². The molecule has 0 atom stereocenters. The quantitative estimate of drug-likeness (QED) is 0.737. The molecule has 0 radical (unpaired) electrons. The van der Waals surface area contributed by atoms with Crippen LogP contribution in [0.5, 0.6) is 17.4 Å². The number of aromatic nitrogens is 2. The monoisotopic (exact) mass is 340 g/mol. The molecule has 3 rings (SSSR count). The SMILES string of the molecule is COc1cccc(-c2ccccc2Oc2cc(=O)n(O)c(=O)n2C)c1. The minimum atomic E-state index is -0.888. The third-order valence-corrected chi connectivity index (χ3v) is 3.74. The van der Waals surface area contributed by atoms with Gasteiger partial charge in [0.2, 0.25) is 5.88 Å². The fourth-order valence-electron chi connectivity index (χ4n) is 2.39. The number of hydrogen-bond acceptors (Lipinski definition) is 5. The van der Waals surface area contributed by atoms with Gasteiger partial charge in [-0.15, -0.1) is 0 Å². The normalized spacial score (nSPS) is 10.5. The topological polar surface area (TPSA) is 82.7 Å². The minimum absolute atomic E-state index is 0.0237. The van der Waals surface area contributed by atoms with Crippen LogP contribution in [-0.2, 0) is 7.05 Å². The summed E-state index contributed by atoms with van der Waals surface area (Å²) in [7, 11) is 2.99. The molecular formula is C18H16N2O5. The van der Waals surface area contributed by atoms with E-state index in [1.807, 2.05) is 36.4 Å². The smallest absolute Gasteiger partial charge is 0.366 e. The van der Waals surface area contributed by atoms with Gasteiger partial charge >= 0.3 is 5.69 Å². The van der Waals surface area contributed by atoms with Crippen molar-refractivity contribution in [1.82, 2.24) is 9.30 Å². The summed E-state index contributed by atoms with van der Waals surface area (Å²) in [6.07, 6.45) is 0. The van der Waals surface area contributed by atoms with Crippen molar-refractivity contribution in [3.63, 3.8) is 0 Å². The van der Waals surface area contributed by atoms with Gasteiger partial charge in [-0.3, -0.25) is 9.36 Å². The van der Waals surface area contributed by atoms with Crippen LogP contribution in [0.1, 0.15) is 0 Å². The molecule has 1 aromatic heterocycles. The largest absolute Gasteiger partial charge is 0.497 e. The maximum Gasteiger partial charge on any atom is 0.366 e. The Bertz CT molecular complexity index is 1040. The Balaban J connectivity index is 2.09. The fourth-order valence-corrected chi connectivity index (χ4v) is 2.39. The molecule has 7 heteroatoms. The predicted octanol–water partition coefficient (Wildman–Crippen LogP) is 2.25. The molecule has 0 saturated heterocycles. The molecule has 2 aromatic carbocycles. The van der Waals surface area contributed by atoms with E-state index in [1.165, 1.54) is 7.05 Å². The van der Waals surface area contributed by atoms with Crippen LogP contribution >= 0.6 is 0 Å². The van der Waals surface area contributed by atoms with Crippen LogP contribution in [0.3, 0.4) is 0 Å². The Morgan fingerprint density at radius 2 is 1.76 bits per heavy atom. The van der Waals surface area contributed by atoms with Gasteiger partial charge in [0.25, 0.3) is 5.56 Å². The molecule has 7 nitrogen and oxygen atoms in total. The van der Waals surface area contributed by atoms with E-state index in [9.17, 15) is 14.8 Å². The van der Waals surface area contributed by atoms with Gasteiger partial charge in [0.05, 0.1) is 13.2 Å². The molecule has 0 bridgehead atoms. The van der Waals surface area contributed by atoms with Gasteiger partial charge in [-0.1, -0.05) is 35.1 Å². The van der Waals surface area contributed by atoms with Gasteiger partial charge in [-0.25, -0.2) is 4.79 Å². The van der Waals surface area contributed by atoms with Crippen LogP contribution in [0.4, 0.5) is 0 Å². The summed E-state index contributed by atoms with van der Waals surface area (Å²) in [6.45, 7) is 0. The number of ether oxygens (including phenoxy) is 2. The second kappa shape index (κ2) is 6.56. The van der Waals surface area contributed by atoms with Crippen LogP contribution in [0.25, 0.3) is 11.1 Å². The number of methoxy groups -OCH3 is 1. The highest BCUT2D eigenvalue weighted by Crippen LogP contribution is 2.34. The van der Waals surface area contributed by atoms with E-state index >= 15 is 0 Å². The van der Waals surface area contributed by atoms with Crippen LogP contribution in [-0.4, -0.2) is 21.6 Å². The van der Waals surface area contributed by atoms with E-state index in [-0.39, 0.29) is 10.6 Å². The summed E-state index contributed by atoms with van der Waals surface area (Å²) < 4.78 is 12.1. The minimum Gasteiger partial charge on any atom is -0.497 e. The van der Waals surface area contributed by atoms with E-state index in [1.54, 1.807) is 19.2 Å². The Morgan fingerprint density at radius 1 is 1.00 bits per heavy atom. The molecule has 0 aliphatic heterocycles. The fraction of sp³-hybridized carbons (Fsp3) is 0.111. The third kappa shape index (κ3) is 3.12. The molecule has 0 amide bonds. The number of hydrogen-bond donors (Lipinski definition) is 1. The molecule has 1 N–H and O–H groups in total. The first-order valence-corrected chi connectivity index (χ1v) is 7.45. The lowest BCUT2D eigenvalue weighted by Gasteiger charge is -2.14. The summed E-state index contributed by atoms with van der Waals surface area (Å²) in [4.78, 5) is 23.5. The zero-order valence-electron chi connectivity index (χ0n) is 13.7. The zero-order chi connectivity index (χ0) is 18.0. The van der Waals surface area contributed by atoms with Crippen molar-refractivity contribution in [2.45, 2.75) is 0 Å². The lowest BCUT2D eigenvalue weighted by Crippen LogP contribution is -2.37. The molecule has 0 saturated carbocycles. The van der Waals surface area contributed by atoms with Crippen LogP contribution in [0.2, 0.25) is 0 Å². The Hall–Kier alpha value is -3.48. The average Bonchev–Trinajstić information content (AvgIpc) is 2.65. The number of benzene rings is 2. The summed E-state index contributed by atoms with van der Waals surface area (Å²) in [5.41, 5.74) is -0.129. The predicted molar refractivity (Wildman–Crippen MR) is 91.6 cm³/mol. The first kappa shape index (κ1) is 16.4. The van der Waals surface area contributed by atoms with E-state index in [0.717, 1.165) is 21.8 Å². The van der Waals surface area contributed by atoms with Crippen molar-refractivity contribution in [2.75, 3.05) is 7.11 Å². The number of nitrogens with zero attached hydrogens (tertiary/aromatic N) is 2. The van der Waals surface area contributed by atoms with Gasteiger partial charge < -0.3 is 14.7 Å². The highest BCUT2D eigenvalue weighted by Gasteiger charge is 2.13. The highest BCUT2D eigenvalue weighted by molar-refractivity contribution is 5.71. The summed E-state index contributed by atoms with van der Waals surface area (Å²) in [5, 5.41) is 9.37. The number of para-hydroxylation sites is 1. The standard InChI is InChI=1S/C18H16N2O5/c1-19-17(11-16(21)20(23)18(19)22)25-15-9-4-3-8-14(15)12-6-5-7-13(10-12)24-2/h3-11,23H,1-2H3. The molecule has 0 aliphatic rings. The average molecular weight is 340 g/mol. The molecule has 0 spiro atoms. The van der Waals surface area contributed by atoms with Crippen LogP contribution in [0, 0.1) is 0 Å². The van der Waals surface area contributed by atoms with Gasteiger partial charge in [-0.05, 0) is 23.8 Å². The van der Waals surface area contributed by atoms with E-state index in [2.05, 4.69) is 0 Å². The highest BCUT2D eigenvalue weighted by atomic mass is 16.5. The summed E-state index contributed by atoms with van der Waals surface area (Å²) in [5.74, 6) is 1.18. The lowest BCUT2D eigenvalue weighted by molar-refractivity contribution is 0.153. The molecule has 3 aromatic rings. The van der Waals surface area contributed by atoms with Gasteiger partial charge in [0, 0.05) is 12.6 Å². The van der Waals surface area contributed by atoms with Gasteiger partial charge in [0.1, 0.15) is 11.5 Å². The Labute approximate surface area is 142 Å². The first-order valence-electron chi connectivity index (χ1n) is 7.45. The molecular weight excluding hydrogens is 324 g/mol. The van der Waals surface area contributed by atoms with Gasteiger partial charge in [-0.2, -0.15) is 0 Å². The molecule has 0 aliphatic carbocycles. The second-order valence-electron chi connectivity index (χ2n) is 5.30. The van der Waals surface area contributed by atoms with Crippen molar-refractivity contribution in [2.24, 2.45) is 7.05 Å². The van der Waals surface area contributed by atoms with E-state index < -0.39 is 11.2 Å². The summed E-state index contributed by atoms with van der Waals surface area (Å²) >= 11 is 0. The van der Waals surface area contributed by atoms with E-state index in [4.69, 9.17) is 9.47 Å². The van der Waals surface area contributed by atoms with Crippen LogP contribution < -0.4 is 20.7 Å². The maximum atomic E-state index is 11.8. The summed E-state index contributed by atoms with van der Waals surface area (Å²) in [6, 6.07) is 15.7. The second-order valence-corrected chi connectivity index (χ2v) is 5.30. The van der Waals surface area contributed by atoms with E-state index in [0.29, 0.717) is 11.5 Å². The molecule has 128 valence electrons. The Kier molecular flexibility index (Phi) is 4.30. The molecule has 0 unspecified atom stereocenters. The van der Waals surface area contributed by atoms with Crippen molar-refractivity contribution in [3.8, 4) is 28.5 Å². The van der Waals surface area contributed by atoms with Crippen LogP contribution in [0.15, 0.2) is 64.2 Å². The van der Waals surface area contributed by atoms with Gasteiger partial charge in [0.15, 0.2) is 0 Å². The zero-order valence-corrected chi connectivity index (χ0v) is 13.7. The first-order chi connectivity index (χ1) is 12.0. The number of rotatable bonds is 4.